The molecule has 2 unspecified atom stereocenters. The number of aliphatic hydroxyl groups is 1. The average molecular weight is 265 g/mol. The van der Waals surface area contributed by atoms with Crippen molar-refractivity contribution < 1.29 is 48.6 Å². The average Bonchev–Trinajstić information content (AvgIpc) is 1.84. The molecule has 0 radical (unpaired) electrons. The summed E-state index contributed by atoms with van der Waals surface area (Å²) in [5, 5.41) is 8.82. The van der Waals surface area contributed by atoms with Gasteiger partial charge in [0.2, 0.25) is 3.79 Å². The van der Waals surface area contributed by atoms with Crippen molar-refractivity contribution in [2.45, 2.75) is 9.64 Å². The first-order valence-electron chi connectivity index (χ1n) is 2.33. The molecule has 0 amide bonds. The van der Waals surface area contributed by atoms with Gasteiger partial charge in [0.15, 0.2) is 13.4 Å². The second kappa shape index (κ2) is 5.76. The summed E-state index contributed by atoms with van der Waals surface area (Å²) >= 11 is 15.2. The first-order chi connectivity index (χ1) is 4.72. The maximum Gasteiger partial charge on any atom is 1.00 e. The molecule has 68 valence electrons. The van der Waals surface area contributed by atoms with Crippen LogP contribution in [0, 0.1) is 0 Å². The maximum absolute atomic E-state index is 10.6. The molecular weight excluding hydrogens is 260 g/mol. The van der Waals surface area contributed by atoms with E-state index in [0.29, 0.717) is 0 Å². The van der Waals surface area contributed by atoms with Crippen LogP contribution in [-0.2, 0) is 9.09 Å². The summed E-state index contributed by atoms with van der Waals surface area (Å²) in [5.41, 5.74) is 0. The summed E-state index contributed by atoms with van der Waals surface area (Å²) in [6.45, 7) is 0. The van der Waals surface area contributed by atoms with E-state index in [1.807, 2.05) is 0 Å². The van der Waals surface area contributed by atoms with Crippen LogP contribution in [0.5, 0.6) is 0 Å². The van der Waals surface area contributed by atoms with E-state index >= 15 is 0 Å². The van der Waals surface area contributed by atoms with Gasteiger partial charge in [0.1, 0.15) is 0 Å². The van der Waals surface area contributed by atoms with E-state index in [2.05, 4.69) is 4.52 Å². The molecule has 0 bridgehead atoms. The molecule has 0 saturated heterocycles. The predicted molar refractivity (Wildman–Crippen MR) is 40.9 cm³/mol. The Hall–Kier alpha value is 1.98. The Balaban J connectivity index is 0. The Morgan fingerprint density at radius 1 is 1.58 bits per heavy atom. The van der Waals surface area contributed by atoms with E-state index in [-0.39, 0.29) is 29.6 Å². The summed E-state index contributed by atoms with van der Waals surface area (Å²) < 4.78 is 12.3. The minimum atomic E-state index is -4.48. The molecule has 2 atom stereocenters. The van der Waals surface area contributed by atoms with E-state index in [1.165, 1.54) is 0 Å². The van der Waals surface area contributed by atoms with Crippen molar-refractivity contribution in [3.63, 3.8) is 0 Å². The van der Waals surface area contributed by atoms with Gasteiger partial charge in [0.05, 0.1) is 0 Å². The molecule has 0 fully saturated rings. The van der Waals surface area contributed by atoms with Crippen molar-refractivity contribution >= 4 is 42.4 Å². The van der Waals surface area contributed by atoms with Crippen LogP contribution in [0.3, 0.4) is 0 Å². The van der Waals surface area contributed by atoms with Gasteiger partial charge in [-0.05, 0) is 0 Å². The van der Waals surface area contributed by atoms with Crippen LogP contribution in [0.2, 0.25) is 0 Å². The third-order valence-corrected chi connectivity index (χ3v) is 3.42. The van der Waals surface area contributed by atoms with Crippen molar-refractivity contribution in [1.29, 1.82) is 0 Å². The normalized spacial score (nSPS) is 19.2. The van der Waals surface area contributed by atoms with Gasteiger partial charge in [-0.2, -0.15) is 0 Å². The molecule has 0 saturated carbocycles. The van der Waals surface area contributed by atoms with Crippen LogP contribution >= 0.6 is 42.4 Å². The molecular formula is C3H5Cl3NaO4P. The quantitative estimate of drug-likeness (QED) is 0.352. The fourth-order valence-corrected chi connectivity index (χ4v) is 1.91. The van der Waals surface area contributed by atoms with Crippen LogP contribution in [0.4, 0.5) is 0 Å². The van der Waals surface area contributed by atoms with Crippen LogP contribution in [0.25, 0.3) is 0 Å². The first-order valence-corrected chi connectivity index (χ1v) is 5.07. The predicted octanol–water partition coefficient (Wildman–Crippen LogP) is -2.12. The number of hydrogen-bond donors (Lipinski definition) is 1. The Kier molecular flexibility index (Phi) is 7.88. The van der Waals surface area contributed by atoms with Crippen molar-refractivity contribution in [2.24, 2.45) is 0 Å². The second-order valence-corrected chi connectivity index (χ2v) is 5.94. The van der Waals surface area contributed by atoms with Gasteiger partial charge in [-0.15, -0.1) is 0 Å². The third kappa shape index (κ3) is 5.01. The zero-order valence-corrected chi connectivity index (χ0v) is 11.5. The van der Waals surface area contributed by atoms with Crippen LogP contribution in [0.15, 0.2) is 0 Å². The van der Waals surface area contributed by atoms with Crippen LogP contribution in [-0.4, -0.2) is 21.9 Å². The summed E-state index contributed by atoms with van der Waals surface area (Å²) in [4.78, 5) is 10.6. The van der Waals surface area contributed by atoms with Crippen molar-refractivity contribution in [2.75, 3.05) is 7.11 Å². The Morgan fingerprint density at radius 3 is 2.00 bits per heavy atom. The monoisotopic (exact) mass is 264 g/mol. The summed E-state index contributed by atoms with van der Waals surface area (Å²) in [6.07, 6.45) is 0. The van der Waals surface area contributed by atoms with Gasteiger partial charge >= 0.3 is 29.6 Å². The van der Waals surface area contributed by atoms with Gasteiger partial charge < -0.3 is 19.1 Å². The molecule has 0 aromatic carbocycles. The van der Waals surface area contributed by atoms with Gasteiger partial charge in [-0.3, -0.25) is 0 Å². The van der Waals surface area contributed by atoms with Gasteiger partial charge in [-0.25, -0.2) is 0 Å². The van der Waals surface area contributed by atoms with E-state index < -0.39 is 17.2 Å². The molecule has 1 N–H and O–H groups in total. The van der Waals surface area contributed by atoms with Crippen LogP contribution in [0.1, 0.15) is 0 Å². The van der Waals surface area contributed by atoms with E-state index in [1.54, 1.807) is 0 Å². The van der Waals surface area contributed by atoms with Crippen molar-refractivity contribution in [3.8, 4) is 0 Å². The minimum absolute atomic E-state index is 0. The summed E-state index contributed by atoms with van der Waals surface area (Å²) in [5.74, 6) is -2.15. The van der Waals surface area contributed by atoms with Crippen molar-refractivity contribution in [1.82, 2.24) is 0 Å². The number of aliphatic hydroxyl groups excluding tert-OH is 1. The van der Waals surface area contributed by atoms with E-state index in [9.17, 15) is 9.46 Å². The zero-order chi connectivity index (χ0) is 9.28. The van der Waals surface area contributed by atoms with Crippen molar-refractivity contribution in [3.05, 3.63) is 0 Å². The number of halogens is 3. The third-order valence-electron chi connectivity index (χ3n) is 0.847. The number of rotatable bonds is 2. The molecule has 0 spiro atoms. The fraction of sp³-hybridized carbons (Fsp3) is 1.00. The molecule has 9 heteroatoms. The number of hydrogen-bond acceptors (Lipinski definition) is 4. The molecule has 0 aromatic rings. The Bertz CT molecular complexity index is 183. The summed E-state index contributed by atoms with van der Waals surface area (Å²) in [7, 11) is -3.61. The fourth-order valence-electron chi connectivity index (χ4n) is 0.279. The standard InChI is InChI=1S/C3H6Cl3O4P.Na/c1-10-11(8,9)2(7)3(4,5)6;/h2,7H,1H3,(H,8,9);/q;+1/p-1. The SMILES string of the molecule is COP(=O)([O-])C(O)C(Cl)(Cl)Cl.[Na+]. The van der Waals surface area contributed by atoms with Gasteiger partial charge in [-0.1, -0.05) is 34.8 Å². The minimum Gasteiger partial charge on any atom is -0.777 e. The van der Waals surface area contributed by atoms with Crippen LogP contribution < -0.4 is 34.5 Å². The van der Waals surface area contributed by atoms with Gasteiger partial charge in [0, 0.05) is 7.11 Å². The molecule has 0 aromatic heterocycles. The zero-order valence-electron chi connectivity index (χ0n) is 6.33. The molecule has 4 nitrogen and oxygen atoms in total. The molecule has 0 aliphatic carbocycles. The Labute approximate surface area is 107 Å². The van der Waals surface area contributed by atoms with E-state index in [0.717, 1.165) is 7.11 Å². The number of alkyl halides is 3. The largest absolute Gasteiger partial charge is 1.00 e. The van der Waals surface area contributed by atoms with E-state index in [4.69, 9.17) is 39.9 Å². The summed E-state index contributed by atoms with van der Waals surface area (Å²) in [6, 6.07) is 0. The second-order valence-electron chi connectivity index (χ2n) is 1.64. The topological polar surface area (TPSA) is 69.6 Å². The molecule has 0 heterocycles. The smallest absolute Gasteiger partial charge is 0.777 e. The van der Waals surface area contributed by atoms with Gasteiger partial charge in [0.25, 0.3) is 0 Å². The first kappa shape index (κ1) is 16.4. The Morgan fingerprint density at radius 2 is 1.92 bits per heavy atom. The maximum atomic E-state index is 10.6. The molecule has 12 heavy (non-hydrogen) atoms. The molecule has 0 aliphatic heterocycles. The molecule has 0 rings (SSSR count). The molecule has 0 aliphatic rings.